The number of aromatic nitrogens is 1. The van der Waals surface area contributed by atoms with Gasteiger partial charge in [-0.15, -0.1) is 0 Å². The number of anilines is 1. The maximum atomic E-state index is 13.5. The van der Waals surface area contributed by atoms with Crippen LogP contribution >= 0.6 is 0 Å². The van der Waals surface area contributed by atoms with E-state index < -0.39 is 0 Å². The molecule has 0 aliphatic carbocycles. The van der Waals surface area contributed by atoms with Gasteiger partial charge in [-0.25, -0.2) is 0 Å². The van der Waals surface area contributed by atoms with E-state index in [9.17, 15) is 9.59 Å². The Morgan fingerprint density at radius 2 is 1.66 bits per heavy atom. The summed E-state index contributed by atoms with van der Waals surface area (Å²) in [7, 11) is 1.59. The summed E-state index contributed by atoms with van der Waals surface area (Å²) < 4.78 is 6.93. The van der Waals surface area contributed by atoms with Crippen LogP contribution in [-0.2, 0) is 24.2 Å². The average Bonchev–Trinajstić information content (AvgIpc) is 2.85. The van der Waals surface area contributed by atoms with Gasteiger partial charge in [-0.2, -0.15) is 0 Å². The van der Waals surface area contributed by atoms with Crippen molar-refractivity contribution in [1.82, 2.24) is 4.57 Å². The van der Waals surface area contributed by atoms with E-state index in [1.807, 2.05) is 48.5 Å². The third-order valence-electron chi connectivity index (χ3n) is 6.34. The summed E-state index contributed by atoms with van der Waals surface area (Å²) >= 11 is 0. The standard InChI is InChI=1S/C30H32N2O3/c1-20(2)23-11-14-26(15-12-23)31-29(33)19-32-28-18-27(35-4)16-13-24(28)17-25(30(32)34)10-9-22-7-5-21(3)6-8-22/h5-8,11-18,20H,9-10,19H2,1-4H3,(H,31,33). The van der Waals surface area contributed by atoms with Crippen LogP contribution in [0.4, 0.5) is 5.69 Å². The minimum atomic E-state index is -0.246. The predicted molar refractivity (Wildman–Crippen MR) is 143 cm³/mol. The maximum Gasteiger partial charge on any atom is 0.254 e. The van der Waals surface area contributed by atoms with Gasteiger partial charge in [0.1, 0.15) is 12.3 Å². The number of hydrogen-bond donors (Lipinski definition) is 1. The monoisotopic (exact) mass is 468 g/mol. The predicted octanol–water partition coefficient (Wildman–Crippen LogP) is 5.87. The molecule has 1 heterocycles. The number of carbonyl (C=O) groups is 1. The summed E-state index contributed by atoms with van der Waals surface area (Å²) in [4.78, 5) is 26.5. The van der Waals surface area contributed by atoms with Crippen LogP contribution in [0.15, 0.2) is 77.6 Å². The Balaban J connectivity index is 1.63. The van der Waals surface area contributed by atoms with Gasteiger partial charge in [-0.1, -0.05) is 55.8 Å². The molecule has 1 amide bonds. The molecule has 1 aromatic heterocycles. The molecule has 5 heteroatoms. The second kappa shape index (κ2) is 10.6. The Hall–Kier alpha value is -3.86. The Labute approximate surface area is 206 Å². The van der Waals surface area contributed by atoms with E-state index in [1.165, 1.54) is 16.7 Å². The number of benzene rings is 3. The van der Waals surface area contributed by atoms with Crippen LogP contribution < -0.4 is 15.6 Å². The first kappa shape index (κ1) is 24.3. The van der Waals surface area contributed by atoms with Crippen molar-refractivity contribution in [1.29, 1.82) is 0 Å². The summed E-state index contributed by atoms with van der Waals surface area (Å²) in [5, 5.41) is 3.83. The summed E-state index contributed by atoms with van der Waals surface area (Å²) in [6, 6.07) is 23.7. The van der Waals surface area contributed by atoms with Crippen LogP contribution in [-0.4, -0.2) is 17.6 Å². The number of methoxy groups -OCH3 is 1. The third-order valence-corrected chi connectivity index (χ3v) is 6.34. The zero-order chi connectivity index (χ0) is 24.9. The van der Waals surface area contributed by atoms with Gasteiger partial charge in [0.25, 0.3) is 5.56 Å². The molecule has 0 spiro atoms. The number of aryl methyl sites for hydroxylation is 3. The maximum absolute atomic E-state index is 13.5. The van der Waals surface area contributed by atoms with E-state index in [1.54, 1.807) is 11.7 Å². The lowest BCUT2D eigenvalue weighted by Crippen LogP contribution is -2.30. The number of amides is 1. The van der Waals surface area contributed by atoms with Gasteiger partial charge < -0.3 is 10.1 Å². The van der Waals surface area contributed by atoms with E-state index in [0.717, 1.165) is 11.8 Å². The quantitative estimate of drug-likeness (QED) is 0.352. The van der Waals surface area contributed by atoms with Gasteiger partial charge in [-0.3, -0.25) is 14.2 Å². The molecule has 1 N–H and O–H groups in total. The highest BCUT2D eigenvalue weighted by atomic mass is 16.5. The van der Waals surface area contributed by atoms with Gasteiger partial charge in [0.05, 0.1) is 12.6 Å². The Bertz CT molecular complexity index is 1380. The van der Waals surface area contributed by atoms with Crippen molar-refractivity contribution >= 4 is 22.5 Å². The molecule has 0 unspecified atom stereocenters. The normalized spacial score (nSPS) is 11.1. The molecule has 4 aromatic rings. The number of ether oxygens (including phenoxy) is 1. The van der Waals surface area contributed by atoms with Gasteiger partial charge in [0.2, 0.25) is 5.91 Å². The first-order chi connectivity index (χ1) is 16.8. The zero-order valence-corrected chi connectivity index (χ0v) is 20.8. The lowest BCUT2D eigenvalue weighted by Gasteiger charge is -2.15. The van der Waals surface area contributed by atoms with Gasteiger partial charge in [0.15, 0.2) is 0 Å². The fourth-order valence-corrected chi connectivity index (χ4v) is 4.20. The second-order valence-corrected chi connectivity index (χ2v) is 9.30. The van der Waals surface area contributed by atoms with E-state index in [2.05, 4.69) is 50.4 Å². The number of carbonyl (C=O) groups excluding carboxylic acids is 1. The molecule has 0 atom stereocenters. The van der Waals surface area contributed by atoms with E-state index in [0.29, 0.717) is 34.9 Å². The number of hydrogen-bond acceptors (Lipinski definition) is 3. The van der Waals surface area contributed by atoms with Crippen molar-refractivity contribution in [3.63, 3.8) is 0 Å². The Morgan fingerprint density at radius 3 is 2.31 bits per heavy atom. The number of nitrogens with one attached hydrogen (secondary N) is 1. The highest BCUT2D eigenvalue weighted by molar-refractivity contribution is 5.92. The van der Waals surface area contributed by atoms with Crippen molar-refractivity contribution in [3.8, 4) is 5.75 Å². The van der Waals surface area contributed by atoms with Crippen LogP contribution in [0, 0.1) is 6.92 Å². The number of pyridine rings is 1. The van der Waals surface area contributed by atoms with E-state index in [-0.39, 0.29) is 18.0 Å². The van der Waals surface area contributed by atoms with Crippen molar-refractivity contribution in [3.05, 3.63) is 105 Å². The Morgan fingerprint density at radius 1 is 0.943 bits per heavy atom. The minimum Gasteiger partial charge on any atom is -0.497 e. The van der Waals surface area contributed by atoms with E-state index >= 15 is 0 Å². The van der Waals surface area contributed by atoms with Crippen LogP contribution in [0.25, 0.3) is 10.9 Å². The Kier molecular flexibility index (Phi) is 7.35. The third kappa shape index (κ3) is 5.80. The number of rotatable bonds is 8. The molecule has 0 aliphatic heterocycles. The molecule has 4 rings (SSSR count). The number of nitrogens with zero attached hydrogens (tertiary/aromatic N) is 1. The largest absolute Gasteiger partial charge is 0.497 e. The van der Waals surface area contributed by atoms with Gasteiger partial charge >= 0.3 is 0 Å². The molecule has 0 saturated heterocycles. The second-order valence-electron chi connectivity index (χ2n) is 9.30. The minimum absolute atomic E-state index is 0.0766. The van der Waals surface area contributed by atoms with Crippen molar-refractivity contribution in [2.45, 2.75) is 46.1 Å². The van der Waals surface area contributed by atoms with Crippen molar-refractivity contribution < 1.29 is 9.53 Å². The highest BCUT2D eigenvalue weighted by Crippen LogP contribution is 2.22. The highest BCUT2D eigenvalue weighted by Gasteiger charge is 2.14. The first-order valence-electron chi connectivity index (χ1n) is 12.0. The summed E-state index contributed by atoms with van der Waals surface area (Å²) in [5.41, 5.74) is 5.53. The topological polar surface area (TPSA) is 60.3 Å². The molecule has 35 heavy (non-hydrogen) atoms. The van der Waals surface area contributed by atoms with Crippen LogP contribution in [0.1, 0.15) is 42.0 Å². The smallest absolute Gasteiger partial charge is 0.254 e. The van der Waals surface area contributed by atoms with Gasteiger partial charge in [-0.05, 0) is 72.5 Å². The zero-order valence-electron chi connectivity index (χ0n) is 20.8. The molecule has 180 valence electrons. The molecule has 0 aliphatic rings. The molecule has 0 bridgehead atoms. The SMILES string of the molecule is COc1ccc2cc(CCc3ccc(C)cc3)c(=O)n(CC(=O)Nc3ccc(C(C)C)cc3)c2c1. The molecule has 3 aromatic carbocycles. The van der Waals surface area contributed by atoms with Crippen molar-refractivity contribution in [2.75, 3.05) is 12.4 Å². The summed E-state index contributed by atoms with van der Waals surface area (Å²) in [6.45, 7) is 6.24. The fourth-order valence-electron chi connectivity index (χ4n) is 4.20. The summed E-state index contributed by atoms with van der Waals surface area (Å²) in [6.07, 6.45) is 1.35. The van der Waals surface area contributed by atoms with Crippen molar-refractivity contribution in [2.24, 2.45) is 0 Å². The molecule has 0 saturated carbocycles. The fraction of sp³-hybridized carbons (Fsp3) is 0.267. The number of fused-ring (bicyclic) bond motifs is 1. The molecular weight excluding hydrogens is 436 g/mol. The summed E-state index contributed by atoms with van der Waals surface area (Å²) in [5.74, 6) is 0.814. The van der Waals surface area contributed by atoms with E-state index in [4.69, 9.17) is 4.74 Å². The lowest BCUT2D eigenvalue weighted by molar-refractivity contribution is -0.116. The molecule has 0 radical (unpaired) electrons. The molecular formula is C30H32N2O3. The van der Waals surface area contributed by atoms with Crippen LogP contribution in [0.2, 0.25) is 0 Å². The lowest BCUT2D eigenvalue weighted by atomic mass is 10.0. The average molecular weight is 469 g/mol. The molecule has 0 fully saturated rings. The van der Waals surface area contributed by atoms with Crippen LogP contribution in [0.5, 0.6) is 5.75 Å². The van der Waals surface area contributed by atoms with Crippen LogP contribution in [0.3, 0.4) is 0 Å². The first-order valence-corrected chi connectivity index (χ1v) is 12.0. The van der Waals surface area contributed by atoms with Gasteiger partial charge in [0, 0.05) is 17.3 Å². The molecule has 5 nitrogen and oxygen atoms in total.